The molecule has 18 heavy (non-hydrogen) atoms. The monoisotopic (exact) mass is 274 g/mol. The first kappa shape index (κ1) is 15.6. The molecule has 1 fully saturated rings. The third kappa shape index (κ3) is 5.48. The minimum absolute atomic E-state index is 0.0786. The number of urea groups is 1. The van der Waals surface area contributed by atoms with E-state index >= 15 is 0 Å². The van der Waals surface area contributed by atoms with Gasteiger partial charge in [0.05, 0.1) is 0 Å². The van der Waals surface area contributed by atoms with Crippen molar-refractivity contribution in [2.24, 2.45) is 0 Å². The van der Waals surface area contributed by atoms with E-state index in [1.54, 1.807) is 0 Å². The van der Waals surface area contributed by atoms with Crippen LogP contribution in [0, 0.1) is 0 Å². The molecule has 0 aliphatic heterocycles. The average Bonchev–Trinajstić information content (AvgIpc) is 2.38. The summed E-state index contributed by atoms with van der Waals surface area (Å²) in [6, 6.07) is 0.305. The minimum atomic E-state index is -0.0814. The Bertz CT molecular complexity index is 251. The molecule has 1 saturated carbocycles. The van der Waals surface area contributed by atoms with Gasteiger partial charge in [0.15, 0.2) is 0 Å². The highest BCUT2D eigenvalue weighted by molar-refractivity contribution is 7.99. The van der Waals surface area contributed by atoms with Gasteiger partial charge in [-0.25, -0.2) is 4.79 Å². The van der Waals surface area contributed by atoms with E-state index < -0.39 is 0 Å². The van der Waals surface area contributed by atoms with Crippen LogP contribution in [-0.2, 0) is 0 Å². The van der Waals surface area contributed by atoms with Crippen LogP contribution in [0.25, 0.3) is 0 Å². The summed E-state index contributed by atoms with van der Waals surface area (Å²) in [7, 11) is 0. The maximum Gasteiger partial charge on any atom is 0.315 e. The first-order valence-electron chi connectivity index (χ1n) is 6.90. The summed E-state index contributed by atoms with van der Waals surface area (Å²) < 4.78 is 0. The van der Waals surface area contributed by atoms with E-state index in [2.05, 4.69) is 16.9 Å². The van der Waals surface area contributed by atoms with Crippen molar-refractivity contribution in [3.05, 3.63) is 0 Å². The molecule has 0 aromatic rings. The van der Waals surface area contributed by atoms with Gasteiger partial charge in [-0.1, -0.05) is 13.3 Å². The lowest BCUT2D eigenvalue weighted by molar-refractivity contribution is 0.221. The highest BCUT2D eigenvalue weighted by Crippen LogP contribution is 2.26. The topological polar surface area (TPSA) is 61.4 Å². The van der Waals surface area contributed by atoms with Crippen molar-refractivity contribution in [3.8, 4) is 0 Å². The lowest BCUT2D eigenvalue weighted by Gasteiger charge is -2.29. The Morgan fingerprint density at radius 1 is 1.50 bits per heavy atom. The maximum atomic E-state index is 11.8. The molecular formula is C13H26N2O2S. The molecule has 1 aliphatic rings. The summed E-state index contributed by atoms with van der Waals surface area (Å²) in [5.41, 5.74) is 0. The molecule has 0 radical (unpaired) electrons. The predicted octanol–water partition coefficient (Wildman–Crippen LogP) is 2.12. The second-order valence-electron chi connectivity index (χ2n) is 4.96. The van der Waals surface area contributed by atoms with Crippen molar-refractivity contribution in [2.75, 3.05) is 12.9 Å². The molecule has 0 bridgehead atoms. The second-order valence-corrected chi connectivity index (χ2v) is 6.09. The average molecular weight is 274 g/mol. The largest absolute Gasteiger partial charge is 0.396 e. The van der Waals surface area contributed by atoms with Crippen LogP contribution in [0.2, 0.25) is 0 Å². The van der Waals surface area contributed by atoms with Crippen molar-refractivity contribution in [2.45, 2.75) is 62.8 Å². The number of rotatable bonds is 6. The Morgan fingerprint density at radius 2 is 2.28 bits per heavy atom. The van der Waals surface area contributed by atoms with Gasteiger partial charge in [-0.15, -0.1) is 0 Å². The van der Waals surface area contributed by atoms with Gasteiger partial charge in [-0.2, -0.15) is 11.8 Å². The molecule has 106 valence electrons. The van der Waals surface area contributed by atoms with Gasteiger partial charge >= 0.3 is 6.03 Å². The van der Waals surface area contributed by atoms with Gasteiger partial charge in [-0.3, -0.25) is 0 Å². The third-order valence-corrected chi connectivity index (χ3v) is 4.70. The van der Waals surface area contributed by atoms with Gasteiger partial charge < -0.3 is 15.7 Å². The second kappa shape index (κ2) is 8.64. The Hall–Kier alpha value is -0.420. The number of carbonyl (C=O) groups excluding carboxylic acids is 1. The third-order valence-electron chi connectivity index (χ3n) is 3.60. The van der Waals surface area contributed by atoms with Gasteiger partial charge in [-0.05, 0) is 38.4 Å². The summed E-state index contributed by atoms with van der Waals surface area (Å²) in [5.74, 6) is 0. The highest BCUT2D eigenvalue weighted by atomic mass is 32.2. The van der Waals surface area contributed by atoms with Crippen molar-refractivity contribution >= 4 is 17.8 Å². The summed E-state index contributed by atoms with van der Waals surface area (Å²) in [6.07, 6.45) is 8.25. The molecule has 1 aliphatic carbocycles. The number of hydrogen-bond donors (Lipinski definition) is 3. The summed E-state index contributed by atoms with van der Waals surface area (Å²) in [6.45, 7) is 2.14. The minimum Gasteiger partial charge on any atom is -0.396 e. The van der Waals surface area contributed by atoms with Crippen LogP contribution < -0.4 is 10.6 Å². The van der Waals surface area contributed by atoms with Crippen molar-refractivity contribution in [1.82, 2.24) is 10.6 Å². The van der Waals surface area contributed by atoms with Crippen LogP contribution >= 0.6 is 11.8 Å². The Kier molecular flexibility index (Phi) is 7.51. The molecule has 3 N–H and O–H groups in total. The standard InChI is InChI=1S/C13H26N2O2S/c1-3-10(7-8-16)14-13(17)15-11-5-4-6-12(9-11)18-2/h10-12,16H,3-9H2,1-2H3,(H2,14,15,17). The molecule has 1 rings (SSSR count). The first-order valence-corrected chi connectivity index (χ1v) is 8.19. The zero-order valence-corrected chi connectivity index (χ0v) is 12.3. The normalized spacial score (nSPS) is 25.5. The molecular weight excluding hydrogens is 248 g/mol. The predicted molar refractivity (Wildman–Crippen MR) is 77.0 cm³/mol. The van der Waals surface area contributed by atoms with Crippen LogP contribution in [-0.4, -0.2) is 41.3 Å². The number of aliphatic hydroxyl groups excluding tert-OH is 1. The molecule has 0 aromatic carbocycles. The van der Waals surface area contributed by atoms with Gasteiger partial charge in [0.25, 0.3) is 0 Å². The van der Waals surface area contributed by atoms with E-state index in [1.807, 2.05) is 18.7 Å². The highest BCUT2D eigenvalue weighted by Gasteiger charge is 2.23. The summed E-state index contributed by atoms with van der Waals surface area (Å²) in [5, 5.41) is 15.6. The number of amides is 2. The number of carbonyl (C=O) groups is 1. The van der Waals surface area contributed by atoms with Crippen molar-refractivity contribution in [3.63, 3.8) is 0 Å². The maximum absolute atomic E-state index is 11.8. The Balaban J connectivity index is 2.30. The quantitative estimate of drug-likeness (QED) is 0.695. The fourth-order valence-electron chi connectivity index (χ4n) is 2.44. The Labute approximate surface area is 114 Å². The molecule has 0 saturated heterocycles. The molecule has 5 heteroatoms. The van der Waals surface area contributed by atoms with Crippen LogP contribution in [0.3, 0.4) is 0 Å². The molecule has 3 atom stereocenters. The zero-order valence-electron chi connectivity index (χ0n) is 11.4. The van der Waals surface area contributed by atoms with Gasteiger partial charge in [0, 0.05) is 23.9 Å². The molecule has 0 aromatic heterocycles. The van der Waals surface area contributed by atoms with Gasteiger partial charge in [0.1, 0.15) is 0 Å². The van der Waals surface area contributed by atoms with E-state index in [4.69, 9.17) is 5.11 Å². The lowest BCUT2D eigenvalue weighted by Crippen LogP contribution is -2.47. The van der Waals surface area contributed by atoms with Crippen LogP contribution in [0.15, 0.2) is 0 Å². The van der Waals surface area contributed by atoms with Crippen LogP contribution in [0.1, 0.15) is 45.4 Å². The molecule has 0 spiro atoms. The van der Waals surface area contributed by atoms with Crippen LogP contribution in [0.4, 0.5) is 4.79 Å². The smallest absolute Gasteiger partial charge is 0.315 e. The zero-order chi connectivity index (χ0) is 13.4. The first-order chi connectivity index (χ1) is 8.69. The van der Waals surface area contributed by atoms with Crippen molar-refractivity contribution in [1.29, 1.82) is 0 Å². The fraction of sp³-hybridized carbons (Fsp3) is 0.923. The summed E-state index contributed by atoms with van der Waals surface area (Å²) in [4.78, 5) is 11.8. The van der Waals surface area contributed by atoms with E-state index in [1.165, 1.54) is 12.8 Å². The number of nitrogens with one attached hydrogen (secondary N) is 2. The van der Waals surface area contributed by atoms with E-state index in [0.717, 1.165) is 19.3 Å². The van der Waals surface area contributed by atoms with Gasteiger partial charge in [0.2, 0.25) is 0 Å². The number of thioether (sulfide) groups is 1. The number of hydrogen-bond acceptors (Lipinski definition) is 3. The molecule has 2 amide bonds. The van der Waals surface area contributed by atoms with Crippen molar-refractivity contribution < 1.29 is 9.90 Å². The number of aliphatic hydroxyl groups is 1. The van der Waals surface area contributed by atoms with Crippen LogP contribution in [0.5, 0.6) is 0 Å². The fourth-order valence-corrected chi connectivity index (χ4v) is 3.26. The van der Waals surface area contributed by atoms with E-state index in [9.17, 15) is 4.79 Å². The SMILES string of the molecule is CCC(CCO)NC(=O)NC1CCCC(SC)C1. The lowest BCUT2D eigenvalue weighted by atomic mass is 9.95. The summed E-state index contributed by atoms with van der Waals surface area (Å²) >= 11 is 1.90. The molecule has 3 unspecified atom stereocenters. The van der Waals surface area contributed by atoms with E-state index in [-0.39, 0.29) is 18.7 Å². The molecule has 0 heterocycles. The van der Waals surface area contributed by atoms with E-state index in [0.29, 0.717) is 17.7 Å². The Morgan fingerprint density at radius 3 is 2.89 bits per heavy atom. The molecule has 4 nitrogen and oxygen atoms in total.